The van der Waals surface area contributed by atoms with Crippen LogP contribution in [0.25, 0.3) is 4.95 Å². The largest absolute Gasteiger partial charge is 0.332 e. The van der Waals surface area contributed by atoms with Gasteiger partial charge in [-0.25, -0.2) is 18.1 Å². The number of benzene rings is 2. The molecule has 0 spiro atoms. The number of carbonyl (C=O) groups excluding carboxylic acids is 1. The first-order valence-corrected chi connectivity index (χ1v) is 11.1. The summed E-state index contributed by atoms with van der Waals surface area (Å²) in [5.41, 5.74) is 5.95. The summed E-state index contributed by atoms with van der Waals surface area (Å²) in [5.74, 6) is -0.573. The van der Waals surface area contributed by atoms with Gasteiger partial charge in [0, 0.05) is 5.69 Å². The topological polar surface area (TPSA) is 74.9 Å². The lowest BCUT2D eigenvalue weighted by Gasteiger charge is -2.17. The highest BCUT2D eigenvalue weighted by Crippen LogP contribution is 2.38. The Morgan fingerprint density at radius 3 is 2.38 bits per heavy atom. The fourth-order valence-corrected chi connectivity index (χ4v) is 5.35. The Morgan fingerprint density at radius 1 is 1.14 bits per heavy atom. The van der Waals surface area contributed by atoms with Crippen molar-refractivity contribution in [3.63, 3.8) is 0 Å². The highest BCUT2D eigenvalue weighted by Gasteiger charge is 2.27. The van der Waals surface area contributed by atoms with Crippen molar-refractivity contribution in [3.8, 4) is 0 Å². The van der Waals surface area contributed by atoms with Crippen molar-refractivity contribution in [3.05, 3.63) is 69.4 Å². The van der Waals surface area contributed by atoms with Gasteiger partial charge in [0.15, 0.2) is 4.47 Å². The Hall–Kier alpha value is -2.92. The van der Waals surface area contributed by atoms with Crippen LogP contribution in [-0.4, -0.2) is 10.2 Å². The fraction of sp³-hybridized carbons (Fsp3) is 0.333. The number of fused-ring (bicyclic) bond motifs is 2. The first-order chi connectivity index (χ1) is 13.9. The van der Waals surface area contributed by atoms with E-state index in [9.17, 15) is 13.4 Å². The summed E-state index contributed by atoms with van der Waals surface area (Å²) >= 11 is 0. The Morgan fingerprint density at radius 2 is 1.79 bits per heavy atom. The zero-order valence-electron chi connectivity index (χ0n) is 16.0. The molecule has 4 rings (SSSR count). The molecular formula is C21H21FN4O2S. The van der Waals surface area contributed by atoms with Crippen molar-refractivity contribution in [1.82, 2.24) is 4.72 Å². The molecule has 0 heterocycles. The van der Waals surface area contributed by atoms with Gasteiger partial charge in [0.05, 0.1) is 4.90 Å². The molecule has 0 bridgehead atoms. The maximum atomic E-state index is 14.0. The van der Waals surface area contributed by atoms with Gasteiger partial charge in [-0.15, -0.1) is 4.95 Å². The quantitative estimate of drug-likeness (QED) is 0.575. The summed E-state index contributed by atoms with van der Waals surface area (Å²) < 4.78 is 32.9. The third kappa shape index (κ3) is 3.58. The van der Waals surface area contributed by atoms with E-state index < -0.39 is 21.8 Å². The third-order valence-corrected chi connectivity index (χ3v) is 7.23. The van der Waals surface area contributed by atoms with Crippen LogP contribution >= 0.6 is 0 Å². The first-order valence-electron chi connectivity index (χ1n) is 9.55. The minimum atomic E-state index is -3.64. The number of nitrogens with zero attached hydrogens (tertiary/aromatic N) is 2. The van der Waals surface area contributed by atoms with Crippen LogP contribution in [-0.2, 0) is 35.6 Å². The summed E-state index contributed by atoms with van der Waals surface area (Å²) in [7, 11) is -3.64. The second-order valence-corrected chi connectivity index (χ2v) is 9.30. The van der Waals surface area contributed by atoms with Crippen molar-refractivity contribution in [2.75, 3.05) is 5.32 Å². The molecule has 0 saturated heterocycles. The number of aryl methyl sites for hydroxylation is 3. The summed E-state index contributed by atoms with van der Waals surface area (Å²) in [5, 5.41) is 2.87. The van der Waals surface area contributed by atoms with Crippen LogP contribution in [0.15, 0.2) is 33.6 Å². The molecule has 6 nitrogen and oxygen atoms in total. The Labute approximate surface area is 169 Å². The van der Waals surface area contributed by atoms with E-state index in [0.717, 1.165) is 61.4 Å². The zero-order valence-corrected chi connectivity index (χ0v) is 16.9. The smallest absolute Gasteiger partial charge is 0.307 e. The molecule has 1 unspecified atom stereocenters. The summed E-state index contributed by atoms with van der Waals surface area (Å²) in [4.78, 5) is 15.6. The molecule has 2 aliphatic carbocycles. The first kappa shape index (κ1) is 19.4. The van der Waals surface area contributed by atoms with Crippen LogP contribution in [0.1, 0.15) is 40.7 Å². The van der Waals surface area contributed by atoms with E-state index >= 15 is 0 Å². The SMILES string of the molecule is [C-]#[N+]N=S(=O)(NC(=O)Nc1c2c(cc3c1CCC3)CCC2)c1ccc(C)c(F)c1. The molecule has 29 heavy (non-hydrogen) atoms. The van der Waals surface area contributed by atoms with Gasteiger partial charge in [0.1, 0.15) is 5.82 Å². The highest BCUT2D eigenvalue weighted by molar-refractivity contribution is 7.92. The number of hydrogen-bond acceptors (Lipinski definition) is 3. The number of nitrogens with one attached hydrogen (secondary N) is 2. The minimum Gasteiger partial charge on any atom is -0.307 e. The van der Waals surface area contributed by atoms with Crippen LogP contribution in [0, 0.1) is 19.3 Å². The number of urea groups is 1. The minimum absolute atomic E-state index is 0.0460. The molecule has 0 fully saturated rings. The maximum absolute atomic E-state index is 14.0. The predicted molar refractivity (Wildman–Crippen MR) is 109 cm³/mol. The van der Waals surface area contributed by atoms with Crippen molar-refractivity contribution in [1.29, 1.82) is 0 Å². The van der Waals surface area contributed by atoms with E-state index in [1.54, 1.807) is 6.92 Å². The van der Waals surface area contributed by atoms with Crippen LogP contribution < -0.4 is 10.0 Å². The lowest BCUT2D eigenvalue weighted by atomic mass is 9.99. The highest BCUT2D eigenvalue weighted by atomic mass is 32.2. The molecule has 2 aromatic carbocycles. The molecule has 2 aliphatic rings. The molecular weight excluding hydrogens is 391 g/mol. The number of rotatable bonds is 3. The van der Waals surface area contributed by atoms with Gasteiger partial charge >= 0.3 is 6.03 Å². The van der Waals surface area contributed by atoms with Gasteiger partial charge in [-0.05, 0) is 85.4 Å². The van der Waals surface area contributed by atoms with Crippen molar-refractivity contribution < 1.29 is 13.4 Å². The average molecular weight is 412 g/mol. The maximum Gasteiger partial charge on any atom is 0.332 e. The lowest BCUT2D eigenvalue weighted by Crippen LogP contribution is -2.34. The van der Waals surface area contributed by atoms with Gasteiger partial charge in [0.2, 0.25) is 9.92 Å². The predicted octanol–water partition coefficient (Wildman–Crippen LogP) is 4.51. The molecule has 8 heteroatoms. The molecule has 0 radical (unpaired) electrons. The van der Waals surface area contributed by atoms with Gasteiger partial charge in [-0.3, -0.25) is 0 Å². The van der Waals surface area contributed by atoms with Gasteiger partial charge < -0.3 is 5.32 Å². The normalized spacial score (nSPS) is 16.3. The lowest BCUT2D eigenvalue weighted by molar-refractivity contribution is 0.256. The van der Waals surface area contributed by atoms with E-state index in [4.69, 9.17) is 6.57 Å². The Balaban J connectivity index is 1.66. The number of anilines is 1. The van der Waals surface area contributed by atoms with E-state index in [0.29, 0.717) is 5.56 Å². The van der Waals surface area contributed by atoms with Gasteiger partial charge in [0.25, 0.3) is 0 Å². The number of carbonyl (C=O) groups is 1. The average Bonchev–Trinajstić information content (AvgIpc) is 3.33. The van der Waals surface area contributed by atoms with Gasteiger partial charge in [-0.2, -0.15) is 6.57 Å². The van der Waals surface area contributed by atoms with E-state index in [1.807, 2.05) is 0 Å². The van der Waals surface area contributed by atoms with Crippen molar-refractivity contribution in [2.24, 2.45) is 4.47 Å². The molecule has 2 amide bonds. The monoisotopic (exact) mass is 412 g/mol. The van der Waals surface area contributed by atoms with E-state index in [-0.39, 0.29) is 4.90 Å². The van der Waals surface area contributed by atoms with E-state index in [1.165, 1.54) is 23.3 Å². The second-order valence-electron chi connectivity index (χ2n) is 7.41. The third-order valence-electron chi connectivity index (χ3n) is 5.56. The summed E-state index contributed by atoms with van der Waals surface area (Å²) in [6.07, 6.45) is 5.85. The molecule has 0 aromatic heterocycles. The molecule has 0 aliphatic heterocycles. The number of hydrogen-bond donors (Lipinski definition) is 2. The number of halogens is 1. The Kier molecular flexibility index (Phi) is 5.01. The van der Waals surface area contributed by atoms with Crippen LogP contribution in [0.2, 0.25) is 0 Å². The summed E-state index contributed by atoms with van der Waals surface area (Å²) in [6.45, 7) is 8.56. The second kappa shape index (κ2) is 7.48. The van der Waals surface area contributed by atoms with Crippen LogP contribution in [0.3, 0.4) is 0 Å². The summed E-state index contributed by atoms with van der Waals surface area (Å²) in [6, 6.07) is 5.44. The zero-order chi connectivity index (χ0) is 20.6. The molecule has 150 valence electrons. The molecule has 2 N–H and O–H groups in total. The Bertz CT molecular complexity index is 1140. The standard InChI is InChI=1S/C21H21FN4O2S/c1-13-9-10-16(12-19(13)22)29(28,26-23-2)25-21(27)24-20-17-7-3-5-14(17)11-15-6-4-8-18(15)20/h9-12H,3-8H2,1H3,(H2,24,25,26,27,28). The number of amides is 2. The van der Waals surface area contributed by atoms with E-state index in [2.05, 4.69) is 25.5 Å². The molecule has 1 atom stereocenters. The van der Waals surface area contributed by atoms with Crippen LogP contribution in [0.4, 0.5) is 14.9 Å². The molecule has 0 saturated carbocycles. The van der Waals surface area contributed by atoms with Gasteiger partial charge in [-0.1, -0.05) is 12.1 Å². The fourth-order valence-electron chi connectivity index (χ4n) is 4.16. The molecule has 2 aromatic rings. The van der Waals surface area contributed by atoms with Crippen molar-refractivity contribution in [2.45, 2.75) is 50.3 Å². The van der Waals surface area contributed by atoms with Crippen molar-refractivity contribution >= 4 is 21.6 Å². The van der Waals surface area contributed by atoms with Crippen LogP contribution in [0.5, 0.6) is 0 Å².